The molecule has 2 N–H and O–H groups in total. The molecule has 0 saturated heterocycles. The number of rotatable bonds is 6. The molecule has 0 saturated carbocycles. The summed E-state index contributed by atoms with van der Waals surface area (Å²) < 4.78 is 9.80. The highest BCUT2D eigenvalue weighted by Crippen LogP contribution is 2.20. The maximum Gasteiger partial charge on any atom is 0.306 e. The van der Waals surface area contributed by atoms with Crippen molar-refractivity contribution in [2.75, 3.05) is 13.7 Å². The Morgan fingerprint density at radius 3 is 2.41 bits per heavy atom. The van der Waals surface area contributed by atoms with E-state index in [1.165, 1.54) is 7.11 Å². The van der Waals surface area contributed by atoms with E-state index < -0.39 is 17.8 Å². The number of ether oxygens (including phenoxy) is 2. The molecular weight excluding hydrogens is 288 g/mol. The molecule has 0 aromatic heterocycles. The number of carbonyl (C=O) groups excluding carboxylic acids is 3. The predicted molar refractivity (Wildman–Crippen MR) is 78.9 cm³/mol. The zero-order valence-electron chi connectivity index (χ0n) is 12.9. The van der Waals surface area contributed by atoms with E-state index in [1.807, 2.05) is 26.0 Å². The van der Waals surface area contributed by atoms with Crippen LogP contribution < -0.4 is 15.6 Å². The van der Waals surface area contributed by atoms with Gasteiger partial charge in [0.1, 0.15) is 5.75 Å². The van der Waals surface area contributed by atoms with Crippen LogP contribution in [0.5, 0.6) is 5.75 Å². The maximum absolute atomic E-state index is 11.6. The van der Waals surface area contributed by atoms with Crippen LogP contribution >= 0.6 is 0 Å². The summed E-state index contributed by atoms with van der Waals surface area (Å²) in [5.41, 5.74) is 6.43. The molecule has 0 radical (unpaired) electrons. The highest BCUT2D eigenvalue weighted by Gasteiger charge is 2.09. The van der Waals surface area contributed by atoms with Gasteiger partial charge in [-0.3, -0.25) is 25.2 Å². The number of hydrazine groups is 1. The maximum atomic E-state index is 11.6. The third kappa shape index (κ3) is 5.82. The van der Waals surface area contributed by atoms with Crippen molar-refractivity contribution in [3.05, 3.63) is 29.3 Å². The molecule has 2 amide bonds. The first-order chi connectivity index (χ1) is 10.4. The smallest absolute Gasteiger partial charge is 0.306 e. The van der Waals surface area contributed by atoms with Gasteiger partial charge >= 0.3 is 5.97 Å². The topological polar surface area (TPSA) is 93.7 Å². The third-order valence-corrected chi connectivity index (χ3v) is 3.04. The van der Waals surface area contributed by atoms with Gasteiger partial charge in [0.05, 0.1) is 13.5 Å². The van der Waals surface area contributed by atoms with Crippen molar-refractivity contribution in [3.8, 4) is 5.75 Å². The van der Waals surface area contributed by atoms with Crippen LogP contribution in [0.4, 0.5) is 0 Å². The number of hydrogen-bond acceptors (Lipinski definition) is 5. The van der Waals surface area contributed by atoms with E-state index in [1.54, 1.807) is 6.07 Å². The minimum absolute atomic E-state index is 0.0445. The second-order valence-electron chi connectivity index (χ2n) is 4.66. The largest absolute Gasteiger partial charge is 0.483 e. The second-order valence-corrected chi connectivity index (χ2v) is 4.66. The number of carbonyl (C=O) groups is 3. The molecule has 0 aliphatic rings. The van der Waals surface area contributed by atoms with Gasteiger partial charge in [0, 0.05) is 6.42 Å². The molecule has 1 aromatic carbocycles. The van der Waals surface area contributed by atoms with Crippen LogP contribution in [0.3, 0.4) is 0 Å². The van der Waals surface area contributed by atoms with Gasteiger partial charge in [0.25, 0.3) is 5.91 Å². The number of methoxy groups -OCH3 is 1. The van der Waals surface area contributed by atoms with Gasteiger partial charge in [-0.2, -0.15) is 0 Å². The number of aryl methyl sites for hydroxylation is 1. The highest BCUT2D eigenvalue weighted by molar-refractivity contribution is 5.84. The van der Waals surface area contributed by atoms with Crippen LogP contribution in [0, 0.1) is 13.8 Å². The summed E-state index contributed by atoms with van der Waals surface area (Å²) >= 11 is 0. The molecule has 0 heterocycles. The molecular formula is C15H20N2O5. The third-order valence-electron chi connectivity index (χ3n) is 3.04. The molecule has 0 aliphatic carbocycles. The lowest BCUT2D eigenvalue weighted by Gasteiger charge is -2.11. The first-order valence-electron chi connectivity index (χ1n) is 6.77. The van der Waals surface area contributed by atoms with E-state index in [0.717, 1.165) is 11.1 Å². The fourth-order valence-corrected chi connectivity index (χ4v) is 1.58. The van der Waals surface area contributed by atoms with Crippen molar-refractivity contribution >= 4 is 17.8 Å². The van der Waals surface area contributed by atoms with Crippen LogP contribution in [0.15, 0.2) is 18.2 Å². The fourth-order valence-electron chi connectivity index (χ4n) is 1.58. The van der Waals surface area contributed by atoms with Crippen LogP contribution in [0.1, 0.15) is 24.0 Å². The Hall–Kier alpha value is -2.57. The summed E-state index contributed by atoms with van der Waals surface area (Å²) in [6.07, 6.45) is -0.109. The quantitative estimate of drug-likeness (QED) is 0.598. The molecule has 0 unspecified atom stereocenters. The highest BCUT2D eigenvalue weighted by atomic mass is 16.5. The lowest BCUT2D eigenvalue weighted by molar-refractivity contribution is -0.142. The summed E-state index contributed by atoms with van der Waals surface area (Å²) in [4.78, 5) is 33.8. The Morgan fingerprint density at radius 1 is 1.05 bits per heavy atom. The van der Waals surface area contributed by atoms with E-state index in [2.05, 4.69) is 15.6 Å². The van der Waals surface area contributed by atoms with Gasteiger partial charge in [-0.05, 0) is 31.0 Å². The van der Waals surface area contributed by atoms with Crippen molar-refractivity contribution in [1.29, 1.82) is 0 Å². The summed E-state index contributed by atoms with van der Waals surface area (Å²) in [6, 6.07) is 5.55. The molecule has 22 heavy (non-hydrogen) atoms. The number of amides is 2. The SMILES string of the molecule is COC(=O)CCC(=O)NNC(=O)COc1cccc(C)c1C. The Morgan fingerprint density at radius 2 is 1.73 bits per heavy atom. The van der Waals surface area contributed by atoms with Crippen LogP contribution in [-0.4, -0.2) is 31.5 Å². The molecule has 0 fully saturated rings. The second kappa shape index (κ2) is 8.66. The molecule has 0 aliphatic heterocycles. The van der Waals surface area contributed by atoms with Crippen molar-refractivity contribution in [3.63, 3.8) is 0 Å². The van der Waals surface area contributed by atoms with Crippen molar-refractivity contribution in [1.82, 2.24) is 10.9 Å². The van der Waals surface area contributed by atoms with Crippen molar-refractivity contribution < 1.29 is 23.9 Å². The molecule has 0 atom stereocenters. The molecule has 7 heteroatoms. The molecule has 7 nitrogen and oxygen atoms in total. The molecule has 120 valence electrons. The van der Waals surface area contributed by atoms with Gasteiger partial charge in [0.2, 0.25) is 5.91 Å². The van der Waals surface area contributed by atoms with Crippen molar-refractivity contribution in [2.45, 2.75) is 26.7 Å². The zero-order chi connectivity index (χ0) is 16.5. The summed E-state index contributed by atoms with van der Waals surface area (Å²) in [5.74, 6) is -0.843. The summed E-state index contributed by atoms with van der Waals surface area (Å²) in [6.45, 7) is 3.63. The summed E-state index contributed by atoms with van der Waals surface area (Å²) in [5, 5.41) is 0. The summed E-state index contributed by atoms with van der Waals surface area (Å²) in [7, 11) is 1.24. The Labute approximate surface area is 128 Å². The molecule has 1 rings (SSSR count). The van der Waals surface area contributed by atoms with E-state index in [4.69, 9.17) is 4.74 Å². The first-order valence-corrected chi connectivity index (χ1v) is 6.77. The van der Waals surface area contributed by atoms with E-state index in [0.29, 0.717) is 5.75 Å². The van der Waals surface area contributed by atoms with Gasteiger partial charge in [0.15, 0.2) is 6.61 Å². The molecule has 0 spiro atoms. The fraction of sp³-hybridized carbons (Fsp3) is 0.400. The van der Waals surface area contributed by atoms with Gasteiger partial charge in [-0.1, -0.05) is 12.1 Å². The lowest BCUT2D eigenvalue weighted by atomic mass is 10.1. The average molecular weight is 308 g/mol. The van der Waals surface area contributed by atoms with Crippen molar-refractivity contribution in [2.24, 2.45) is 0 Å². The van der Waals surface area contributed by atoms with E-state index in [-0.39, 0.29) is 19.4 Å². The van der Waals surface area contributed by atoms with Crippen LogP contribution in [0.25, 0.3) is 0 Å². The van der Waals surface area contributed by atoms with Gasteiger partial charge in [-0.15, -0.1) is 0 Å². The van der Waals surface area contributed by atoms with Crippen LogP contribution in [-0.2, 0) is 19.1 Å². The van der Waals surface area contributed by atoms with E-state index >= 15 is 0 Å². The van der Waals surface area contributed by atoms with E-state index in [9.17, 15) is 14.4 Å². The number of nitrogens with one attached hydrogen (secondary N) is 2. The average Bonchev–Trinajstić information content (AvgIpc) is 2.51. The first kappa shape index (κ1) is 17.5. The minimum atomic E-state index is -0.493. The standard InChI is InChI=1S/C15H20N2O5/c1-10-5-4-6-12(11(10)2)22-9-14(19)17-16-13(18)7-8-15(20)21-3/h4-6H,7-9H2,1-3H3,(H,16,18)(H,17,19). The molecule has 0 bridgehead atoms. The monoisotopic (exact) mass is 308 g/mol. The van der Waals surface area contributed by atoms with Gasteiger partial charge < -0.3 is 9.47 Å². The van der Waals surface area contributed by atoms with Gasteiger partial charge in [-0.25, -0.2) is 0 Å². The van der Waals surface area contributed by atoms with Crippen LogP contribution in [0.2, 0.25) is 0 Å². The zero-order valence-corrected chi connectivity index (χ0v) is 12.9. The molecule has 1 aromatic rings. The number of benzene rings is 1. The Balaban J connectivity index is 2.30. The lowest BCUT2D eigenvalue weighted by Crippen LogP contribution is -2.43. The minimum Gasteiger partial charge on any atom is -0.483 e. The number of hydrogen-bond donors (Lipinski definition) is 2. The number of esters is 1. The predicted octanol–water partition coefficient (Wildman–Crippen LogP) is 0.783. The normalized spacial score (nSPS) is 9.77. The Kier molecular flexibility index (Phi) is 6.88. The Bertz CT molecular complexity index is 557.